The first kappa shape index (κ1) is 15.2. The van der Waals surface area contributed by atoms with E-state index in [4.69, 9.17) is 0 Å². The van der Waals surface area contributed by atoms with Crippen LogP contribution in [0.5, 0.6) is 0 Å². The Bertz CT molecular complexity index is 760. The number of nitrogens with zero attached hydrogens (tertiary/aromatic N) is 3. The molecular weight excluding hydrogens is 294 g/mol. The van der Waals surface area contributed by atoms with Gasteiger partial charge in [0, 0.05) is 31.4 Å². The molecular formula is C17H17N3O3. The SMILES string of the molecule is CN1CCN(C(=O)c2ccccc2[N+](=O)[O-])c2ccccc2C1. The summed E-state index contributed by atoms with van der Waals surface area (Å²) in [5, 5.41) is 11.2. The van der Waals surface area contributed by atoms with E-state index >= 15 is 0 Å². The Morgan fingerprint density at radius 2 is 1.78 bits per heavy atom. The van der Waals surface area contributed by atoms with Crippen molar-refractivity contribution in [1.29, 1.82) is 0 Å². The van der Waals surface area contributed by atoms with Crippen LogP contribution in [-0.4, -0.2) is 35.9 Å². The second kappa shape index (κ2) is 6.18. The molecule has 1 aliphatic heterocycles. The molecule has 0 N–H and O–H groups in total. The van der Waals surface area contributed by atoms with Gasteiger partial charge in [-0.2, -0.15) is 0 Å². The van der Waals surface area contributed by atoms with Crippen LogP contribution in [-0.2, 0) is 6.54 Å². The lowest BCUT2D eigenvalue weighted by Crippen LogP contribution is -2.35. The van der Waals surface area contributed by atoms with E-state index < -0.39 is 4.92 Å². The number of amides is 1. The number of likely N-dealkylation sites (N-methyl/N-ethyl adjacent to an activating group) is 1. The third kappa shape index (κ3) is 2.93. The molecule has 0 saturated heterocycles. The van der Waals surface area contributed by atoms with Crippen LogP contribution in [0.1, 0.15) is 15.9 Å². The number of rotatable bonds is 2. The predicted octanol–water partition coefficient (Wildman–Crippen LogP) is 2.69. The monoisotopic (exact) mass is 311 g/mol. The zero-order valence-electron chi connectivity index (χ0n) is 12.8. The number of fused-ring (bicyclic) bond motifs is 1. The van der Waals surface area contributed by atoms with Gasteiger partial charge in [0.2, 0.25) is 0 Å². The van der Waals surface area contributed by atoms with E-state index in [0.717, 1.165) is 17.8 Å². The summed E-state index contributed by atoms with van der Waals surface area (Å²) < 4.78 is 0. The molecule has 0 atom stereocenters. The Hall–Kier alpha value is -2.73. The van der Waals surface area contributed by atoms with E-state index in [9.17, 15) is 14.9 Å². The van der Waals surface area contributed by atoms with Crippen LogP contribution in [0.4, 0.5) is 11.4 Å². The fourth-order valence-electron chi connectivity index (χ4n) is 2.84. The summed E-state index contributed by atoms with van der Waals surface area (Å²) in [6.45, 7) is 1.95. The van der Waals surface area contributed by atoms with Gasteiger partial charge in [-0.25, -0.2) is 0 Å². The van der Waals surface area contributed by atoms with Crippen LogP contribution in [0.25, 0.3) is 0 Å². The molecule has 6 nitrogen and oxygen atoms in total. The van der Waals surface area contributed by atoms with Crippen LogP contribution in [0, 0.1) is 10.1 Å². The minimum Gasteiger partial charge on any atom is -0.307 e. The lowest BCUT2D eigenvalue weighted by molar-refractivity contribution is -0.385. The largest absolute Gasteiger partial charge is 0.307 e. The average Bonchev–Trinajstić information content (AvgIpc) is 2.72. The first-order chi connectivity index (χ1) is 11.1. The highest BCUT2D eigenvalue weighted by Gasteiger charge is 2.28. The van der Waals surface area contributed by atoms with E-state index in [2.05, 4.69) is 4.90 Å². The van der Waals surface area contributed by atoms with Crippen molar-refractivity contribution in [2.24, 2.45) is 0 Å². The fraction of sp³-hybridized carbons (Fsp3) is 0.235. The minimum absolute atomic E-state index is 0.122. The minimum atomic E-state index is -0.511. The Morgan fingerprint density at radius 1 is 1.09 bits per heavy atom. The van der Waals surface area contributed by atoms with E-state index in [0.29, 0.717) is 13.1 Å². The number of nitro benzene ring substituents is 1. The normalized spacial score (nSPS) is 14.9. The maximum Gasteiger partial charge on any atom is 0.282 e. The number of carbonyl (C=O) groups excluding carboxylic acids is 1. The van der Waals surface area contributed by atoms with Gasteiger partial charge < -0.3 is 9.80 Å². The molecule has 3 rings (SSSR count). The number of hydrogen-bond acceptors (Lipinski definition) is 4. The standard InChI is InChI=1S/C17H17N3O3/c1-18-10-11-19(15-8-4-2-6-13(15)12-18)17(21)14-7-3-5-9-16(14)20(22)23/h2-9H,10-12H2,1H3. The summed E-state index contributed by atoms with van der Waals surface area (Å²) in [6.07, 6.45) is 0. The van der Waals surface area contributed by atoms with E-state index in [1.54, 1.807) is 17.0 Å². The topological polar surface area (TPSA) is 66.7 Å². The van der Waals surface area contributed by atoms with Crippen molar-refractivity contribution in [1.82, 2.24) is 4.90 Å². The summed E-state index contributed by atoms with van der Waals surface area (Å²) in [5.74, 6) is -0.333. The molecule has 23 heavy (non-hydrogen) atoms. The first-order valence-corrected chi connectivity index (χ1v) is 7.39. The fourth-order valence-corrected chi connectivity index (χ4v) is 2.84. The summed E-state index contributed by atoms with van der Waals surface area (Å²) in [5.41, 5.74) is 1.82. The molecule has 6 heteroatoms. The average molecular weight is 311 g/mol. The molecule has 0 spiro atoms. The summed E-state index contributed by atoms with van der Waals surface area (Å²) in [4.78, 5) is 27.4. The van der Waals surface area contributed by atoms with Crippen molar-refractivity contribution < 1.29 is 9.72 Å². The quantitative estimate of drug-likeness (QED) is 0.632. The van der Waals surface area contributed by atoms with Crippen LogP contribution in [0.15, 0.2) is 48.5 Å². The number of nitro groups is 1. The van der Waals surface area contributed by atoms with Crippen molar-refractivity contribution in [3.63, 3.8) is 0 Å². The van der Waals surface area contributed by atoms with E-state index in [1.165, 1.54) is 12.1 Å². The summed E-state index contributed by atoms with van der Waals surface area (Å²) >= 11 is 0. The Kier molecular flexibility index (Phi) is 4.08. The zero-order chi connectivity index (χ0) is 16.4. The molecule has 0 aliphatic carbocycles. The van der Waals surface area contributed by atoms with E-state index in [-0.39, 0.29) is 17.2 Å². The van der Waals surface area contributed by atoms with Gasteiger partial charge in [0.1, 0.15) is 5.56 Å². The van der Waals surface area contributed by atoms with Crippen molar-refractivity contribution >= 4 is 17.3 Å². The molecule has 1 amide bonds. The van der Waals surface area contributed by atoms with Crippen molar-refractivity contribution in [3.05, 3.63) is 69.8 Å². The maximum atomic E-state index is 13.0. The highest BCUT2D eigenvalue weighted by Crippen LogP contribution is 2.28. The van der Waals surface area contributed by atoms with Gasteiger partial charge in [0.05, 0.1) is 4.92 Å². The van der Waals surface area contributed by atoms with Gasteiger partial charge >= 0.3 is 0 Å². The number of anilines is 1. The molecule has 0 fully saturated rings. The number of hydrogen-bond donors (Lipinski definition) is 0. The molecule has 2 aromatic carbocycles. The molecule has 0 aromatic heterocycles. The second-order valence-corrected chi connectivity index (χ2v) is 5.60. The van der Waals surface area contributed by atoms with Gasteiger partial charge in [-0.3, -0.25) is 14.9 Å². The lowest BCUT2D eigenvalue weighted by Gasteiger charge is -2.22. The van der Waals surface area contributed by atoms with Crippen LogP contribution in [0.2, 0.25) is 0 Å². The zero-order valence-corrected chi connectivity index (χ0v) is 12.8. The molecule has 1 heterocycles. The van der Waals surface area contributed by atoms with Gasteiger partial charge in [-0.1, -0.05) is 30.3 Å². The van der Waals surface area contributed by atoms with Crippen molar-refractivity contribution in [2.45, 2.75) is 6.54 Å². The second-order valence-electron chi connectivity index (χ2n) is 5.60. The van der Waals surface area contributed by atoms with Gasteiger partial charge in [0.25, 0.3) is 11.6 Å². The highest BCUT2D eigenvalue weighted by atomic mass is 16.6. The van der Waals surface area contributed by atoms with Crippen LogP contribution >= 0.6 is 0 Å². The number of para-hydroxylation sites is 2. The Morgan fingerprint density at radius 3 is 2.57 bits per heavy atom. The van der Waals surface area contributed by atoms with Crippen LogP contribution < -0.4 is 4.90 Å². The van der Waals surface area contributed by atoms with Crippen LogP contribution in [0.3, 0.4) is 0 Å². The first-order valence-electron chi connectivity index (χ1n) is 7.39. The van der Waals surface area contributed by atoms with Crippen molar-refractivity contribution in [2.75, 3.05) is 25.0 Å². The van der Waals surface area contributed by atoms with Crippen molar-refractivity contribution in [3.8, 4) is 0 Å². The smallest absolute Gasteiger partial charge is 0.282 e. The third-order valence-corrected chi connectivity index (χ3v) is 4.00. The maximum absolute atomic E-state index is 13.0. The highest BCUT2D eigenvalue weighted by molar-refractivity contribution is 6.09. The van der Waals surface area contributed by atoms with Gasteiger partial charge in [-0.05, 0) is 24.7 Å². The molecule has 0 unspecified atom stereocenters. The van der Waals surface area contributed by atoms with Gasteiger partial charge in [0.15, 0.2) is 0 Å². The molecule has 2 aromatic rings. The Balaban J connectivity index is 2.05. The predicted molar refractivity (Wildman–Crippen MR) is 87.5 cm³/mol. The van der Waals surface area contributed by atoms with Gasteiger partial charge in [-0.15, -0.1) is 0 Å². The molecule has 0 saturated carbocycles. The lowest BCUT2D eigenvalue weighted by atomic mass is 10.1. The summed E-state index contributed by atoms with van der Waals surface area (Å²) in [6, 6.07) is 13.8. The van der Waals surface area contributed by atoms with E-state index in [1.807, 2.05) is 31.3 Å². The molecule has 0 bridgehead atoms. The number of carbonyl (C=O) groups is 1. The molecule has 118 valence electrons. The third-order valence-electron chi connectivity index (χ3n) is 4.00. The Labute approximate surface area is 134 Å². The summed E-state index contributed by atoms with van der Waals surface area (Å²) in [7, 11) is 2.00. The molecule has 1 aliphatic rings. The molecule has 0 radical (unpaired) electrons. The number of benzene rings is 2.